The molecule has 0 unspecified atom stereocenters. The highest BCUT2D eigenvalue weighted by atomic mass is 19.2. The highest BCUT2D eigenvalue weighted by Crippen LogP contribution is 2.21. The minimum Gasteiger partial charge on any atom is -0.480 e. The third-order valence-corrected chi connectivity index (χ3v) is 6.94. The Kier molecular flexibility index (Phi) is 10.8. The molecular weight excluding hydrogens is 545 g/mol. The number of carbonyl (C=O) groups excluding carboxylic acids is 2. The second kappa shape index (κ2) is 14.1. The number of carboxylic acids is 2. The molecule has 13 heteroatoms. The van der Waals surface area contributed by atoms with Crippen LogP contribution in [-0.4, -0.2) is 75.6 Å². The number of halogens is 3. The highest BCUT2D eigenvalue weighted by Gasteiger charge is 2.42. The molecule has 5 atom stereocenters. The predicted molar refractivity (Wildman–Crippen MR) is 141 cm³/mol. The van der Waals surface area contributed by atoms with E-state index in [4.69, 9.17) is 5.73 Å². The molecular formula is C28H33F3N4O6. The number of aliphatic carboxylic acids is 2. The molecule has 222 valence electrons. The maximum atomic E-state index is 13.9. The van der Waals surface area contributed by atoms with Gasteiger partial charge in [0, 0.05) is 37.5 Å². The van der Waals surface area contributed by atoms with Crippen LogP contribution in [0, 0.1) is 17.5 Å². The highest BCUT2D eigenvalue weighted by molar-refractivity contribution is 5.88. The molecule has 1 aliphatic heterocycles. The monoisotopic (exact) mass is 578 g/mol. The van der Waals surface area contributed by atoms with Gasteiger partial charge < -0.3 is 26.2 Å². The van der Waals surface area contributed by atoms with Crippen molar-refractivity contribution in [2.45, 2.75) is 69.2 Å². The molecule has 6 N–H and O–H groups in total. The number of nitrogens with zero attached hydrogens (tertiary/aromatic N) is 1. The summed E-state index contributed by atoms with van der Waals surface area (Å²) in [5.74, 6) is -7.26. The molecule has 10 nitrogen and oxygen atoms in total. The van der Waals surface area contributed by atoms with Crippen LogP contribution >= 0.6 is 0 Å². The average molecular weight is 579 g/mol. The van der Waals surface area contributed by atoms with Crippen molar-refractivity contribution in [3.63, 3.8) is 0 Å². The van der Waals surface area contributed by atoms with Crippen LogP contribution in [0.15, 0.2) is 42.5 Å². The average Bonchev–Trinajstić information content (AvgIpc) is 3.33. The molecule has 3 rings (SSSR count). The Bertz CT molecular complexity index is 1260. The summed E-state index contributed by atoms with van der Waals surface area (Å²) in [5, 5.41) is 24.7. The van der Waals surface area contributed by atoms with Crippen molar-refractivity contribution in [3.05, 3.63) is 71.0 Å². The molecule has 1 fully saturated rings. The molecule has 1 heterocycles. The Morgan fingerprint density at radius 2 is 1.71 bits per heavy atom. The molecule has 0 bridgehead atoms. The van der Waals surface area contributed by atoms with E-state index in [9.17, 15) is 42.6 Å². The first-order chi connectivity index (χ1) is 19.3. The van der Waals surface area contributed by atoms with Gasteiger partial charge in [0.15, 0.2) is 11.6 Å². The van der Waals surface area contributed by atoms with E-state index in [1.54, 1.807) is 0 Å². The number of hydrogen-bond acceptors (Lipinski definition) is 6. The van der Waals surface area contributed by atoms with Gasteiger partial charge in [0.05, 0.1) is 6.04 Å². The van der Waals surface area contributed by atoms with Gasteiger partial charge in [-0.2, -0.15) is 0 Å². The summed E-state index contributed by atoms with van der Waals surface area (Å²) in [7, 11) is 0. The molecule has 2 aromatic carbocycles. The fourth-order valence-electron chi connectivity index (χ4n) is 4.87. The van der Waals surface area contributed by atoms with Gasteiger partial charge in [-0.1, -0.05) is 30.3 Å². The fourth-order valence-corrected chi connectivity index (χ4v) is 4.87. The van der Waals surface area contributed by atoms with Crippen molar-refractivity contribution < 1.29 is 42.6 Å². The number of carboxylic acid groups (broad SMARTS) is 2. The summed E-state index contributed by atoms with van der Waals surface area (Å²) >= 11 is 0. The first-order valence-corrected chi connectivity index (χ1v) is 13.1. The van der Waals surface area contributed by atoms with E-state index in [1.165, 1.54) is 6.92 Å². The maximum Gasteiger partial charge on any atom is 0.326 e. The van der Waals surface area contributed by atoms with E-state index < -0.39 is 71.4 Å². The van der Waals surface area contributed by atoms with Gasteiger partial charge in [0.1, 0.15) is 17.9 Å². The molecule has 2 aromatic rings. The fraction of sp³-hybridized carbons (Fsp3) is 0.429. The maximum absolute atomic E-state index is 13.9. The Balaban J connectivity index is 1.56. The van der Waals surface area contributed by atoms with Gasteiger partial charge in [0.25, 0.3) is 0 Å². The minimum absolute atomic E-state index is 0.0943. The molecule has 41 heavy (non-hydrogen) atoms. The van der Waals surface area contributed by atoms with Gasteiger partial charge in [-0.25, -0.2) is 18.0 Å². The number of benzene rings is 2. The predicted octanol–water partition coefficient (Wildman–Crippen LogP) is 1.60. The summed E-state index contributed by atoms with van der Waals surface area (Å²) in [4.78, 5) is 50.5. The zero-order valence-electron chi connectivity index (χ0n) is 22.4. The van der Waals surface area contributed by atoms with Crippen LogP contribution in [-0.2, 0) is 32.0 Å². The van der Waals surface area contributed by atoms with Crippen molar-refractivity contribution in [1.29, 1.82) is 0 Å². The van der Waals surface area contributed by atoms with E-state index in [1.807, 2.05) is 30.3 Å². The lowest BCUT2D eigenvalue weighted by molar-refractivity contribution is -0.149. The van der Waals surface area contributed by atoms with Gasteiger partial charge in [-0.05, 0) is 43.4 Å². The third kappa shape index (κ3) is 8.76. The van der Waals surface area contributed by atoms with Gasteiger partial charge in [0.2, 0.25) is 11.8 Å². The Morgan fingerprint density at radius 3 is 2.34 bits per heavy atom. The lowest BCUT2D eigenvalue weighted by Crippen LogP contribution is -2.53. The molecule has 0 radical (unpaired) electrons. The zero-order chi connectivity index (χ0) is 30.3. The molecule has 2 amide bonds. The summed E-state index contributed by atoms with van der Waals surface area (Å²) in [6.07, 6.45) is -0.0101. The van der Waals surface area contributed by atoms with Crippen LogP contribution in [0.4, 0.5) is 13.2 Å². The van der Waals surface area contributed by atoms with Crippen LogP contribution in [0.2, 0.25) is 0 Å². The first kappa shape index (κ1) is 31.6. The molecule has 1 aliphatic rings. The number of carbonyl (C=O) groups is 4. The minimum atomic E-state index is -1.35. The van der Waals surface area contributed by atoms with E-state index in [0.717, 1.165) is 10.5 Å². The van der Waals surface area contributed by atoms with E-state index in [-0.39, 0.29) is 37.8 Å². The van der Waals surface area contributed by atoms with Gasteiger partial charge >= 0.3 is 11.9 Å². The van der Waals surface area contributed by atoms with Crippen LogP contribution in [0.1, 0.15) is 37.3 Å². The lowest BCUT2D eigenvalue weighted by Gasteiger charge is -2.27. The third-order valence-electron chi connectivity index (χ3n) is 6.94. The number of nitrogens with two attached hydrogens (primary N) is 1. The van der Waals surface area contributed by atoms with Crippen molar-refractivity contribution in [2.75, 3.05) is 6.54 Å². The lowest BCUT2D eigenvalue weighted by atomic mass is 10.0. The smallest absolute Gasteiger partial charge is 0.326 e. The summed E-state index contributed by atoms with van der Waals surface area (Å²) in [6.45, 7) is 1.31. The second-order valence-electron chi connectivity index (χ2n) is 10.2. The molecule has 1 saturated heterocycles. The van der Waals surface area contributed by atoms with Gasteiger partial charge in [-0.15, -0.1) is 0 Å². The standard InChI is InChI=1S/C28H33F3N4O6/c1-15(33-23(27(38)39)8-7-16-5-3-2-4-6-16)26(37)35-14-19(12-24(35)28(40)41)34-25(36)11-18(32)9-17-10-21(30)22(31)13-20(17)29/h2-6,10,13,15,18-19,23-24,33H,7-9,11-12,14,32H2,1H3,(H,34,36)(H,38,39)(H,40,41)/t15-,18+,19+,23-,24-/m0/s1. The van der Waals surface area contributed by atoms with Crippen molar-refractivity contribution in [1.82, 2.24) is 15.5 Å². The molecule has 0 aromatic heterocycles. The zero-order valence-corrected chi connectivity index (χ0v) is 22.4. The van der Waals surface area contributed by atoms with E-state index >= 15 is 0 Å². The summed E-state index contributed by atoms with van der Waals surface area (Å²) in [6, 6.07) is 5.27. The Morgan fingerprint density at radius 1 is 1.05 bits per heavy atom. The topological polar surface area (TPSA) is 162 Å². The Hall–Kier alpha value is -3.97. The van der Waals surface area contributed by atoms with Crippen LogP contribution in [0.3, 0.4) is 0 Å². The van der Waals surface area contributed by atoms with Crippen LogP contribution in [0.25, 0.3) is 0 Å². The quantitative estimate of drug-likeness (QED) is 0.224. The first-order valence-electron chi connectivity index (χ1n) is 13.1. The van der Waals surface area contributed by atoms with Crippen molar-refractivity contribution in [2.24, 2.45) is 5.73 Å². The van der Waals surface area contributed by atoms with Crippen LogP contribution < -0.4 is 16.4 Å². The van der Waals surface area contributed by atoms with Crippen molar-refractivity contribution in [3.8, 4) is 0 Å². The SMILES string of the molecule is C[C@H](N[C@@H](CCc1ccccc1)C(=O)O)C(=O)N1C[C@H](NC(=O)C[C@H](N)Cc2cc(F)c(F)cc2F)C[C@H]1C(=O)O. The number of rotatable bonds is 13. The van der Waals surface area contributed by atoms with Gasteiger partial charge in [-0.3, -0.25) is 19.7 Å². The van der Waals surface area contributed by atoms with E-state index in [0.29, 0.717) is 18.6 Å². The number of hydrogen-bond donors (Lipinski definition) is 5. The number of likely N-dealkylation sites (tertiary alicyclic amines) is 1. The summed E-state index contributed by atoms with van der Waals surface area (Å²) in [5.41, 5.74) is 6.63. The van der Waals surface area contributed by atoms with Crippen molar-refractivity contribution >= 4 is 23.8 Å². The number of amides is 2. The Labute approximate surface area is 234 Å². The number of aryl methyl sites for hydroxylation is 1. The normalized spacial score (nSPS) is 18.9. The van der Waals surface area contributed by atoms with Crippen LogP contribution in [0.5, 0.6) is 0 Å². The van der Waals surface area contributed by atoms with E-state index in [2.05, 4.69) is 10.6 Å². The number of nitrogens with one attached hydrogen (secondary N) is 2. The molecule has 0 spiro atoms. The molecule has 0 aliphatic carbocycles. The molecule has 0 saturated carbocycles. The second-order valence-corrected chi connectivity index (χ2v) is 10.2. The largest absolute Gasteiger partial charge is 0.480 e. The summed E-state index contributed by atoms with van der Waals surface area (Å²) < 4.78 is 40.5.